The Kier molecular flexibility index (Phi) is 6.78. The van der Waals surface area contributed by atoms with Crippen molar-refractivity contribution >= 4 is 0 Å². The Morgan fingerprint density at radius 3 is 2.26 bits per heavy atom. The van der Waals surface area contributed by atoms with Gasteiger partial charge in [-0.2, -0.15) is 0 Å². The van der Waals surface area contributed by atoms with Gasteiger partial charge in [0.15, 0.2) is 0 Å². The second-order valence-corrected chi connectivity index (χ2v) is 7.18. The maximum absolute atomic E-state index is 5.80. The summed E-state index contributed by atoms with van der Waals surface area (Å²) in [7, 11) is 0. The summed E-state index contributed by atoms with van der Waals surface area (Å²) in [4.78, 5) is 2.56. The molecule has 3 atom stereocenters. The van der Waals surface area contributed by atoms with Crippen molar-refractivity contribution in [2.75, 3.05) is 26.2 Å². The number of nitrogens with zero attached hydrogens (tertiary/aromatic N) is 1. The zero-order valence-corrected chi connectivity index (χ0v) is 13.8. The smallest absolute Gasteiger partial charge is 0.0678 e. The third-order valence-electron chi connectivity index (χ3n) is 3.92. The molecule has 0 saturated carbocycles. The minimum Gasteiger partial charge on any atom is -0.373 e. The Bertz CT molecular complexity index is 240. The van der Waals surface area contributed by atoms with Crippen LogP contribution in [0, 0.1) is 5.41 Å². The minimum atomic E-state index is 0.332. The molecule has 3 heteroatoms. The van der Waals surface area contributed by atoms with Crippen LogP contribution in [0.4, 0.5) is 0 Å². The van der Waals surface area contributed by atoms with E-state index in [4.69, 9.17) is 4.74 Å². The largest absolute Gasteiger partial charge is 0.373 e. The topological polar surface area (TPSA) is 24.5 Å². The van der Waals surface area contributed by atoms with E-state index < -0.39 is 0 Å². The highest BCUT2D eigenvalue weighted by Crippen LogP contribution is 2.23. The lowest BCUT2D eigenvalue weighted by Gasteiger charge is -2.38. The lowest BCUT2D eigenvalue weighted by Crippen LogP contribution is -2.48. The molecule has 0 aromatic carbocycles. The highest BCUT2D eigenvalue weighted by atomic mass is 16.5. The van der Waals surface area contributed by atoms with Gasteiger partial charge in [0.1, 0.15) is 0 Å². The van der Waals surface area contributed by atoms with E-state index in [0.717, 1.165) is 19.6 Å². The fraction of sp³-hybridized carbons (Fsp3) is 1.00. The van der Waals surface area contributed by atoms with Crippen LogP contribution in [0.15, 0.2) is 0 Å². The molecule has 1 rings (SSSR count). The van der Waals surface area contributed by atoms with Crippen LogP contribution >= 0.6 is 0 Å². The van der Waals surface area contributed by atoms with Crippen molar-refractivity contribution in [3.63, 3.8) is 0 Å². The van der Waals surface area contributed by atoms with Crippen LogP contribution in [-0.4, -0.2) is 49.3 Å². The third kappa shape index (κ3) is 6.24. The Hall–Kier alpha value is -0.120. The minimum absolute atomic E-state index is 0.332. The lowest BCUT2D eigenvalue weighted by atomic mass is 9.84. The number of nitrogens with one attached hydrogen (secondary N) is 1. The van der Waals surface area contributed by atoms with E-state index in [-0.39, 0.29) is 0 Å². The Balaban J connectivity index is 2.42. The van der Waals surface area contributed by atoms with Crippen molar-refractivity contribution in [1.29, 1.82) is 0 Å². The average molecular weight is 270 g/mol. The quantitative estimate of drug-likeness (QED) is 0.803. The fourth-order valence-corrected chi connectivity index (χ4v) is 2.94. The van der Waals surface area contributed by atoms with Gasteiger partial charge in [-0.1, -0.05) is 27.7 Å². The van der Waals surface area contributed by atoms with Crippen LogP contribution in [0.3, 0.4) is 0 Å². The summed E-state index contributed by atoms with van der Waals surface area (Å²) < 4.78 is 5.80. The molecular formula is C16H34N2O. The summed E-state index contributed by atoms with van der Waals surface area (Å²) >= 11 is 0. The molecule has 1 aliphatic rings. The molecule has 0 aliphatic carbocycles. The van der Waals surface area contributed by atoms with Gasteiger partial charge in [0.05, 0.1) is 12.2 Å². The molecule has 1 unspecified atom stereocenters. The maximum Gasteiger partial charge on any atom is 0.0678 e. The average Bonchev–Trinajstić information content (AvgIpc) is 2.26. The molecule has 1 N–H and O–H groups in total. The van der Waals surface area contributed by atoms with Crippen molar-refractivity contribution in [1.82, 2.24) is 10.2 Å². The number of hydrogen-bond acceptors (Lipinski definition) is 3. The SMILES string of the molecule is CCCNC(CCN1C[C@@H](C)O[C@@H](C)C1)C(C)(C)C. The van der Waals surface area contributed by atoms with Crippen LogP contribution in [0.2, 0.25) is 0 Å². The van der Waals surface area contributed by atoms with E-state index in [1.165, 1.54) is 19.4 Å². The predicted octanol–water partition coefficient (Wildman–Crippen LogP) is 2.90. The summed E-state index contributed by atoms with van der Waals surface area (Å²) in [5.41, 5.74) is 0.332. The van der Waals surface area contributed by atoms with E-state index >= 15 is 0 Å². The second kappa shape index (κ2) is 7.61. The van der Waals surface area contributed by atoms with Gasteiger partial charge in [-0.3, -0.25) is 4.90 Å². The van der Waals surface area contributed by atoms with Gasteiger partial charge in [-0.25, -0.2) is 0 Å². The predicted molar refractivity (Wildman–Crippen MR) is 82.6 cm³/mol. The van der Waals surface area contributed by atoms with E-state index in [9.17, 15) is 0 Å². The molecule has 0 radical (unpaired) electrons. The van der Waals surface area contributed by atoms with Gasteiger partial charge in [0, 0.05) is 19.1 Å². The zero-order valence-electron chi connectivity index (χ0n) is 13.8. The fourth-order valence-electron chi connectivity index (χ4n) is 2.94. The molecule has 0 bridgehead atoms. The van der Waals surface area contributed by atoms with Crippen LogP contribution in [-0.2, 0) is 4.74 Å². The molecule has 19 heavy (non-hydrogen) atoms. The van der Waals surface area contributed by atoms with Crippen molar-refractivity contribution in [3.8, 4) is 0 Å². The first-order chi connectivity index (χ1) is 8.82. The molecule has 1 heterocycles. The van der Waals surface area contributed by atoms with E-state index in [0.29, 0.717) is 23.7 Å². The number of ether oxygens (including phenoxy) is 1. The normalized spacial score (nSPS) is 27.5. The number of morpholine rings is 1. The van der Waals surface area contributed by atoms with Crippen LogP contribution in [0.1, 0.15) is 54.4 Å². The highest BCUT2D eigenvalue weighted by molar-refractivity contribution is 4.83. The van der Waals surface area contributed by atoms with Gasteiger partial charge >= 0.3 is 0 Å². The maximum atomic E-state index is 5.80. The monoisotopic (exact) mass is 270 g/mol. The van der Waals surface area contributed by atoms with E-state index in [1.807, 2.05) is 0 Å². The Labute approximate surface area is 120 Å². The Morgan fingerprint density at radius 2 is 1.79 bits per heavy atom. The number of rotatable bonds is 6. The summed E-state index contributed by atoms with van der Waals surface area (Å²) in [6, 6.07) is 0.598. The van der Waals surface area contributed by atoms with E-state index in [2.05, 4.69) is 51.8 Å². The lowest BCUT2D eigenvalue weighted by molar-refractivity contribution is -0.0691. The van der Waals surface area contributed by atoms with Gasteiger partial charge < -0.3 is 10.1 Å². The van der Waals surface area contributed by atoms with Crippen LogP contribution in [0.5, 0.6) is 0 Å². The first-order valence-electron chi connectivity index (χ1n) is 7.94. The molecule has 1 fully saturated rings. The molecule has 3 nitrogen and oxygen atoms in total. The second-order valence-electron chi connectivity index (χ2n) is 7.18. The van der Waals surface area contributed by atoms with Crippen molar-refractivity contribution in [2.24, 2.45) is 5.41 Å². The van der Waals surface area contributed by atoms with Crippen LogP contribution in [0.25, 0.3) is 0 Å². The molecule has 1 aliphatic heterocycles. The van der Waals surface area contributed by atoms with Crippen molar-refractivity contribution in [2.45, 2.75) is 72.6 Å². The zero-order chi connectivity index (χ0) is 14.5. The van der Waals surface area contributed by atoms with Crippen molar-refractivity contribution in [3.05, 3.63) is 0 Å². The molecule has 0 aromatic rings. The van der Waals surface area contributed by atoms with Crippen LogP contribution < -0.4 is 5.32 Å². The summed E-state index contributed by atoms with van der Waals surface area (Å²) in [6.45, 7) is 18.1. The van der Waals surface area contributed by atoms with Gasteiger partial charge in [0.25, 0.3) is 0 Å². The van der Waals surface area contributed by atoms with Gasteiger partial charge in [-0.15, -0.1) is 0 Å². The third-order valence-corrected chi connectivity index (χ3v) is 3.92. The molecule has 0 amide bonds. The molecule has 0 aromatic heterocycles. The molecule has 1 saturated heterocycles. The molecular weight excluding hydrogens is 236 g/mol. The summed E-state index contributed by atoms with van der Waals surface area (Å²) in [5, 5.41) is 3.71. The number of hydrogen-bond donors (Lipinski definition) is 1. The first kappa shape index (κ1) is 16.9. The first-order valence-corrected chi connectivity index (χ1v) is 7.94. The Morgan fingerprint density at radius 1 is 1.21 bits per heavy atom. The van der Waals surface area contributed by atoms with E-state index in [1.54, 1.807) is 0 Å². The van der Waals surface area contributed by atoms with Crippen molar-refractivity contribution < 1.29 is 4.74 Å². The highest BCUT2D eigenvalue weighted by Gasteiger charge is 2.26. The standard InChI is InChI=1S/C16H34N2O/c1-7-9-17-15(16(4,5)6)8-10-18-11-13(2)19-14(3)12-18/h13-15,17H,7-12H2,1-6H3/t13-,14+,15?. The molecule has 0 spiro atoms. The molecule has 114 valence electrons. The summed E-state index contributed by atoms with van der Waals surface area (Å²) in [6.07, 6.45) is 3.18. The van der Waals surface area contributed by atoms with Gasteiger partial charge in [0.2, 0.25) is 0 Å². The summed E-state index contributed by atoms with van der Waals surface area (Å²) in [5.74, 6) is 0. The van der Waals surface area contributed by atoms with Gasteiger partial charge in [-0.05, 0) is 45.2 Å².